The van der Waals surface area contributed by atoms with E-state index in [4.69, 9.17) is 4.74 Å². The minimum atomic E-state index is -0.190. The monoisotopic (exact) mass is 257 g/mol. The summed E-state index contributed by atoms with van der Waals surface area (Å²) < 4.78 is 4.99. The normalized spacial score (nSPS) is 30.2. The van der Waals surface area contributed by atoms with Crippen LogP contribution in [0.1, 0.15) is 25.3 Å². The lowest BCUT2D eigenvalue weighted by Gasteiger charge is -2.09. The molecule has 0 amide bonds. The summed E-state index contributed by atoms with van der Waals surface area (Å²) in [6, 6.07) is 11.6. The zero-order valence-corrected chi connectivity index (χ0v) is 11.2. The Morgan fingerprint density at radius 3 is 2.95 bits per heavy atom. The molecule has 3 nitrogen and oxygen atoms in total. The highest BCUT2D eigenvalue weighted by Gasteiger charge is 2.53. The number of fused-ring (bicyclic) bond motifs is 1. The van der Waals surface area contributed by atoms with Crippen LogP contribution in [0, 0.1) is 0 Å². The van der Waals surface area contributed by atoms with Crippen molar-refractivity contribution in [3.05, 3.63) is 47.5 Å². The number of hydrogen-bond donors (Lipinski definition) is 0. The lowest BCUT2D eigenvalue weighted by Crippen LogP contribution is -2.09. The highest BCUT2D eigenvalue weighted by molar-refractivity contribution is 5.83. The van der Waals surface area contributed by atoms with Gasteiger partial charge < -0.3 is 4.74 Å². The number of hydrogen-bond acceptors (Lipinski definition) is 3. The molecule has 1 aromatic carbocycles. The number of ether oxygens (including phenoxy) is 1. The van der Waals surface area contributed by atoms with Gasteiger partial charge >= 0.3 is 5.97 Å². The molecule has 1 aromatic rings. The predicted octanol–water partition coefficient (Wildman–Crippen LogP) is 2.52. The van der Waals surface area contributed by atoms with E-state index in [-0.39, 0.29) is 5.97 Å². The molecule has 3 heteroatoms. The van der Waals surface area contributed by atoms with Gasteiger partial charge in [0.2, 0.25) is 0 Å². The second-order valence-electron chi connectivity index (χ2n) is 5.18. The maximum atomic E-state index is 11.5. The Bertz CT molecular complexity index is 495. The number of nitrogens with zero attached hydrogens (tertiary/aromatic N) is 1. The quantitative estimate of drug-likeness (QED) is 0.471. The van der Waals surface area contributed by atoms with E-state index in [0.29, 0.717) is 18.7 Å². The third-order valence-electron chi connectivity index (χ3n) is 3.96. The lowest BCUT2D eigenvalue weighted by atomic mass is 10.2. The number of rotatable bonds is 4. The SMILES string of the molecule is CCOC(=O)/C=C1\CCC2C1N2Cc1ccccc1. The van der Waals surface area contributed by atoms with E-state index in [1.807, 2.05) is 13.0 Å². The van der Waals surface area contributed by atoms with Crippen LogP contribution in [0.5, 0.6) is 0 Å². The smallest absolute Gasteiger partial charge is 0.330 e. The molecule has 1 aliphatic carbocycles. The first-order valence-corrected chi connectivity index (χ1v) is 6.96. The second-order valence-corrected chi connectivity index (χ2v) is 5.18. The first kappa shape index (κ1) is 12.4. The molecule has 3 unspecified atom stereocenters. The minimum absolute atomic E-state index is 0.190. The number of esters is 1. The molecule has 0 bridgehead atoms. The summed E-state index contributed by atoms with van der Waals surface area (Å²) in [6.07, 6.45) is 3.92. The van der Waals surface area contributed by atoms with Gasteiger partial charge in [-0.2, -0.15) is 0 Å². The van der Waals surface area contributed by atoms with Gasteiger partial charge in [-0.15, -0.1) is 0 Å². The van der Waals surface area contributed by atoms with Gasteiger partial charge in [0.05, 0.1) is 6.61 Å². The van der Waals surface area contributed by atoms with Crippen molar-refractivity contribution in [3.8, 4) is 0 Å². The van der Waals surface area contributed by atoms with Crippen LogP contribution in [-0.4, -0.2) is 29.6 Å². The first-order chi connectivity index (χ1) is 9.29. The fourth-order valence-electron chi connectivity index (χ4n) is 3.08. The Morgan fingerprint density at radius 2 is 2.21 bits per heavy atom. The summed E-state index contributed by atoms with van der Waals surface area (Å²) >= 11 is 0. The van der Waals surface area contributed by atoms with E-state index < -0.39 is 0 Å². The molecule has 3 atom stereocenters. The third kappa shape index (κ3) is 2.56. The van der Waals surface area contributed by atoms with Gasteiger partial charge in [0.25, 0.3) is 0 Å². The Labute approximate surface area is 113 Å². The third-order valence-corrected chi connectivity index (χ3v) is 3.96. The topological polar surface area (TPSA) is 29.3 Å². The number of likely N-dealkylation sites (tertiary alicyclic amines) is 1. The molecule has 1 saturated carbocycles. The van der Waals surface area contributed by atoms with Crippen molar-refractivity contribution in [1.29, 1.82) is 0 Å². The van der Waals surface area contributed by atoms with Gasteiger partial charge in [-0.3, -0.25) is 4.90 Å². The average molecular weight is 257 g/mol. The van der Waals surface area contributed by atoms with Crippen LogP contribution >= 0.6 is 0 Å². The molecule has 0 spiro atoms. The molecule has 2 fully saturated rings. The van der Waals surface area contributed by atoms with Crippen molar-refractivity contribution in [2.45, 2.75) is 38.4 Å². The van der Waals surface area contributed by atoms with Crippen LogP contribution in [0.4, 0.5) is 0 Å². The Morgan fingerprint density at radius 1 is 1.42 bits per heavy atom. The van der Waals surface area contributed by atoms with Gasteiger partial charge in [-0.05, 0) is 30.9 Å². The van der Waals surface area contributed by atoms with E-state index in [0.717, 1.165) is 13.0 Å². The maximum absolute atomic E-state index is 11.5. The lowest BCUT2D eigenvalue weighted by molar-refractivity contribution is -0.137. The van der Waals surface area contributed by atoms with Crippen molar-refractivity contribution >= 4 is 5.97 Å². The first-order valence-electron chi connectivity index (χ1n) is 6.96. The Hall–Kier alpha value is -1.61. The van der Waals surface area contributed by atoms with E-state index in [1.54, 1.807) is 6.08 Å². The van der Waals surface area contributed by atoms with Gasteiger partial charge in [0, 0.05) is 24.7 Å². The summed E-state index contributed by atoms with van der Waals surface area (Å²) in [5.41, 5.74) is 2.59. The summed E-state index contributed by atoms with van der Waals surface area (Å²) in [6.45, 7) is 3.27. The molecule has 1 heterocycles. The number of benzene rings is 1. The van der Waals surface area contributed by atoms with Crippen molar-refractivity contribution in [2.24, 2.45) is 0 Å². The van der Waals surface area contributed by atoms with Crippen molar-refractivity contribution < 1.29 is 9.53 Å². The van der Waals surface area contributed by atoms with Crippen molar-refractivity contribution in [1.82, 2.24) is 4.90 Å². The van der Waals surface area contributed by atoms with Crippen molar-refractivity contribution in [3.63, 3.8) is 0 Å². The molecule has 100 valence electrons. The minimum Gasteiger partial charge on any atom is -0.463 e. The Balaban J connectivity index is 1.63. The largest absolute Gasteiger partial charge is 0.463 e. The highest BCUT2D eigenvalue weighted by atomic mass is 16.5. The molecular weight excluding hydrogens is 238 g/mol. The van der Waals surface area contributed by atoms with E-state index in [9.17, 15) is 4.79 Å². The maximum Gasteiger partial charge on any atom is 0.330 e. The molecule has 1 saturated heterocycles. The molecular formula is C16H19NO2. The Kier molecular flexibility index (Phi) is 3.38. The van der Waals surface area contributed by atoms with Gasteiger partial charge in [-0.1, -0.05) is 30.3 Å². The van der Waals surface area contributed by atoms with Crippen LogP contribution in [0.15, 0.2) is 42.0 Å². The average Bonchev–Trinajstić information content (AvgIpc) is 2.91. The standard InChI is InChI=1S/C16H19NO2/c1-2-19-15(18)10-13-8-9-14-16(13)17(14)11-12-6-4-3-5-7-12/h3-7,10,14,16H,2,8-9,11H2,1H3/b13-10+. The van der Waals surface area contributed by atoms with Crippen LogP contribution in [-0.2, 0) is 16.1 Å². The molecule has 0 N–H and O–H groups in total. The molecule has 2 aliphatic rings. The molecule has 19 heavy (non-hydrogen) atoms. The summed E-state index contributed by atoms with van der Waals surface area (Å²) in [4.78, 5) is 14.0. The number of piperidine rings is 1. The second kappa shape index (κ2) is 5.17. The zero-order chi connectivity index (χ0) is 13.2. The fraction of sp³-hybridized carbons (Fsp3) is 0.438. The predicted molar refractivity (Wildman–Crippen MR) is 73.5 cm³/mol. The van der Waals surface area contributed by atoms with Crippen molar-refractivity contribution in [2.75, 3.05) is 6.61 Å². The number of carbonyl (C=O) groups excluding carboxylic acids is 1. The highest BCUT2D eigenvalue weighted by Crippen LogP contribution is 2.46. The molecule has 0 radical (unpaired) electrons. The van der Waals surface area contributed by atoms with E-state index in [1.165, 1.54) is 17.6 Å². The van der Waals surface area contributed by atoms with Crippen LogP contribution in [0.25, 0.3) is 0 Å². The molecule has 3 rings (SSSR count). The summed E-state index contributed by atoms with van der Waals surface area (Å²) in [5.74, 6) is -0.190. The van der Waals surface area contributed by atoms with Gasteiger partial charge in [-0.25, -0.2) is 4.79 Å². The van der Waals surface area contributed by atoms with Gasteiger partial charge in [0.15, 0.2) is 0 Å². The van der Waals surface area contributed by atoms with Crippen LogP contribution < -0.4 is 0 Å². The number of carbonyl (C=O) groups is 1. The van der Waals surface area contributed by atoms with Gasteiger partial charge in [0.1, 0.15) is 0 Å². The molecule has 0 aromatic heterocycles. The zero-order valence-electron chi connectivity index (χ0n) is 11.2. The van der Waals surface area contributed by atoms with Crippen LogP contribution in [0.3, 0.4) is 0 Å². The fourth-order valence-corrected chi connectivity index (χ4v) is 3.08. The summed E-state index contributed by atoms with van der Waals surface area (Å²) in [5, 5.41) is 0. The summed E-state index contributed by atoms with van der Waals surface area (Å²) in [7, 11) is 0. The van der Waals surface area contributed by atoms with E-state index in [2.05, 4.69) is 29.2 Å². The molecule has 1 aliphatic heterocycles. The van der Waals surface area contributed by atoms with E-state index >= 15 is 0 Å². The van der Waals surface area contributed by atoms with Crippen LogP contribution in [0.2, 0.25) is 0 Å².